The van der Waals surface area contributed by atoms with Crippen LogP contribution in [0.25, 0.3) is 10.8 Å². The molecule has 0 fully saturated rings. The number of nitrogens with one attached hydrogen (secondary N) is 1. The number of carbonyl (C=O) groups is 1. The molecule has 0 aliphatic carbocycles. The van der Waals surface area contributed by atoms with E-state index in [1.807, 2.05) is 30.3 Å². The Kier molecular flexibility index (Phi) is 4.27. The molecule has 25 heavy (non-hydrogen) atoms. The number of thiazole rings is 1. The van der Waals surface area contributed by atoms with Crippen LogP contribution in [0.2, 0.25) is 0 Å². The topological polar surface area (TPSA) is 45.2 Å². The van der Waals surface area contributed by atoms with Gasteiger partial charge in [-0.05, 0) is 35.9 Å². The highest BCUT2D eigenvalue weighted by atomic mass is 32.1. The van der Waals surface area contributed by atoms with Crippen molar-refractivity contribution in [3.8, 4) is 0 Å². The maximum Gasteiger partial charge on any atom is 0.258 e. The van der Waals surface area contributed by atoms with E-state index in [9.17, 15) is 4.79 Å². The van der Waals surface area contributed by atoms with Crippen LogP contribution in [0.15, 0.2) is 36.4 Å². The van der Waals surface area contributed by atoms with Gasteiger partial charge in [-0.1, -0.05) is 37.3 Å². The van der Waals surface area contributed by atoms with Gasteiger partial charge in [0, 0.05) is 30.0 Å². The zero-order valence-corrected chi connectivity index (χ0v) is 15.3. The summed E-state index contributed by atoms with van der Waals surface area (Å²) in [7, 11) is 0. The molecule has 2 aromatic carbocycles. The van der Waals surface area contributed by atoms with Crippen LogP contribution in [0, 0.1) is 6.92 Å². The first-order chi connectivity index (χ1) is 12.2. The summed E-state index contributed by atoms with van der Waals surface area (Å²) in [4.78, 5) is 21.1. The number of likely N-dealkylation sites (N-methyl/N-ethyl adjacent to an activating group) is 1. The quantitative estimate of drug-likeness (QED) is 0.768. The summed E-state index contributed by atoms with van der Waals surface area (Å²) in [6, 6.07) is 11.9. The second kappa shape index (κ2) is 6.58. The third-order valence-electron chi connectivity index (χ3n) is 4.86. The van der Waals surface area contributed by atoms with E-state index >= 15 is 0 Å². The van der Waals surface area contributed by atoms with Crippen molar-refractivity contribution >= 4 is 33.1 Å². The maximum atomic E-state index is 12.8. The highest BCUT2D eigenvalue weighted by Gasteiger charge is 2.21. The van der Waals surface area contributed by atoms with E-state index in [4.69, 9.17) is 0 Å². The molecule has 1 aliphatic rings. The molecule has 128 valence electrons. The summed E-state index contributed by atoms with van der Waals surface area (Å²) in [6.07, 6.45) is 0.961. The van der Waals surface area contributed by atoms with Crippen LogP contribution in [0.4, 0.5) is 5.13 Å². The van der Waals surface area contributed by atoms with Gasteiger partial charge in [-0.15, -0.1) is 11.3 Å². The van der Waals surface area contributed by atoms with Gasteiger partial charge >= 0.3 is 0 Å². The molecule has 3 aromatic rings. The Morgan fingerprint density at radius 1 is 1.24 bits per heavy atom. The zero-order chi connectivity index (χ0) is 17.4. The minimum Gasteiger partial charge on any atom is -0.298 e. The lowest BCUT2D eigenvalue weighted by molar-refractivity contribution is 0.102. The Balaban J connectivity index is 1.61. The number of fused-ring (bicyclic) bond motifs is 2. The number of carbonyl (C=O) groups excluding carboxylic acids is 1. The van der Waals surface area contributed by atoms with Crippen LogP contribution < -0.4 is 5.32 Å². The summed E-state index contributed by atoms with van der Waals surface area (Å²) >= 11 is 1.60. The van der Waals surface area contributed by atoms with Crippen LogP contribution >= 0.6 is 11.3 Å². The van der Waals surface area contributed by atoms with Gasteiger partial charge in [0.15, 0.2) is 5.13 Å². The Morgan fingerprint density at radius 3 is 2.84 bits per heavy atom. The molecule has 0 atom stereocenters. The van der Waals surface area contributed by atoms with Gasteiger partial charge in [0.05, 0.1) is 5.69 Å². The van der Waals surface area contributed by atoms with Crippen molar-refractivity contribution in [2.24, 2.45) is 0 Å². The average Bonchev–Trinajstić information content (AvgIpc) is 3.03. The fraction of sp³-hybridized carbons (Fsp3) is 0.300. The van der Waals surface area contributed by atoms with Crippen LogP contribution in [0.3, 0.4) is 0 Å². The number of aryl methyl sites for hydroxylation is 1. The lowest BCUT2D eigenvalue weighted by atomic mass is 10.00. The Labute approximate surface area is 151 Å². The summed E-state index contributed by atoms with van der Waals surface area (Å²) in [5, 5.41) is 5.82. The first kappa shape index (κ1) is 16.2. The molecule has 2 heterocycles. The molecule has 0 radical (unpaired) electrons. The van der Waals surface area contributed by atoms with Crippen molar-refractivity contribution in [3.63, 3.8) is 0 Å². The molecule has 1 aliphatic heterocycles. The Bertz CT molecular complexity index is 947. The first-order valence-electron chi connectivity index (χ1n) is 8.66. The van der Waals surface area contributed by atoms with E-state index in [2.05, 4.69) is 35.1 Å². The number of hydrogen-bond donors (Lipinski definition) is 1. The van der Waals surface area contributed by atoms with E-state index < -0.39 is 0 Å². The number of benzene rings is 2. The zero-order valence-electron chi connectivity index (χ0n) is 14.5. The summed E-state index contributed by atoms with van der Waals surface area (Å²) in [6.45, 7) is 7.28. The molecular weight excluding hydrogens is 330 g/mol. The third-order valence-corrected chi connectivity index (χ3v) is 5.86. The second-order valence-corrected chi connectivity index (χ2v) is 7.52. The van der Waals surface area contributed by atoms with E-state index in [0.29, 0.717) is 10.7 Å². The molecule has 0 bridgehead atoms. The van der Waals surface area contributed by atoms with Gasteiger partial charge in [-0.3, -0.25) is 15.0 Å². The van der Waals surface area contributed by atoms with E-state index in [-0.39, 0.29) is 5.91 Å². The molecule has 1 aromatic heterocycles. The number of hydrogen-bond acceptors (Lipinski definition) is 4. The molecule has 0 spiro atoms. The van der Waals surface area contributed by atoms with Crippen molar-refractivity contribution in [2.45, 2.75) is 26.8 Å². The largest absolute Gasteiger partial charge is 0.298 e. The maximum absolute atomic E-state index is 12.8. The molecule has 4 nitrogen and oxygen atoms in total. The van der Waals surface area contributed by atoms with E-state index in [1.165, 1.54) is 10.4 Å². The summed E-state index contributed by atoms with van der Waals surface area (Å²) in [5.74, 6) is -0.0883. The van der Waals surface area contributed by atoms with E-state index in [0.717, 1.165) is 42.5 Å². The summed E-state index contributed by atoms with van der Waals surface area (Å²) in [5.41, 5.74) is 3.01. The highest BCUT2D eigenvalue weighted by molar-refractivity contribution is 7.15. The molecule has 5 heteroatoms. The number of aromatic nitrogens is 1. The van der Waals surface area contributed by atoms with Gasteiger partial charge in [0.25, 0.3) is 5.91 Å². The molecule has 0 saturated carbocycles. The van der Waals surface area contributed by atoms with Crippen LogP contribution in [0.5, 0.6) is 0 Å². The van der Waals surface area contributed by atoms with Gasteiger partial charge in [0.1, 0.15) is 0 Å². The monoisotopic (exact) mass is 351 g/mol. The molecule has 4 rings (SSSR count). The first-order valence-corrected chi connectivity index (χ1v) is 9.48. The number of nitrogens with zero attached hydrogens (tertiary/aromatic N) is 2. The minimum absolute atomic E-state index is 0.0883. The average molecular weight is 351 g/mol. The second-order valence-electron chi connectivity index (χ2n) is 6.44. The van der Waals surface area contributed by atoms with Crippen LogP contribution in [-0.4, -0.2) is 28.9 Å². The fourth-order valence-corrected chi connectivity index (χ4v) is 4.43. The van der Waals surface area contributed by atoms with Crippen LogP contribution in [0.1, 0.15) is 33.4 Å². The summed E-state index contributed by atoms with van der Waals surface area (Å²) < 4.78 is 0. The lowest BCUT2D eigenvalue weighted by Gasteiger charge is -2.23. The van der Waals surface area contributed by atoms with Gasteiger partial charge < -0.3 is 0 Å². The van der Waals surface area contributed by atoms with Gasteiger partial charge in [-0.25, -0.2) is 4.98 Å². The fourth-order valence-electron chi connectivity index (χ4n) is 3.38. The third kappa shape index (κ3) is 3.05. The van der Waals surface area contributed by atoms with Crippen molar-refractivity contribution in [2.75, 3.05) is 18.4 Å². The predicted octanol–water partition coefficient (Wildman–Crippen LogP) is 4.24. The van der Waals surface area contributed by atoms with Gasteiger partial charge in [-0.2, -0.15) is 0 Å². The van der Waals surface area contributed by atoms with Crippen molar-refractivity contribution < 1.29 is 4.79 Å². The molecular formula is C20H21N3OS. The van der Waals surface area contributed by atoms with Gasteiger partial charge in [0.2, 0.25) is 0 Å². The highest BCUT2D eigenvalue weighted by Crippen LogP contribution is 2.29. The van der Waals surface area contributed by atoms with E-state index in [1.54, 1.807) is 11.3 Å². The smallest absolute Gasteiger partial charge is 0.258 e. The van der Waals surface area contributed by atoms with Crippen molar-refractivity contribution in [1.29, 1.82) is 0 Å². The van der Waals surface area contributed by atoms with Crippen molar-refractivity contribution in [1.82, 2.24) is 9.88 Å². The molecule has 0 unspecified atom stereocenters. The normalized spacial score (nSPS) is 14.5. The predicted molar refractivity (Wildman–Crippen MR) is 103 cm³/mol. The van der Waals surface area contributed by atoms with Crippen LogP contribution in [-0.2, 0) is 13.0 Å². The lowest BCUT2D eigenvalue weighted by Crippen LogP contribution is -2.29. The number of amides is 1. The van der Waals surface area contributed by atoms with Crippen molar-refractivity contribution in [3.05, 3.63) is 58.1 Å². The number of anilines is 1. The standard InChI is InChI=1S/C20H21N3OS/c1-3-23-11-10-17-18(12-23)25-20(21-17)22-19(24)16-9-8-13(2)14-6-4-5-7-15(14)16/h4-9H,3,10-12H2,1-2H3,(H,21,22,24). The molecule has 1 N–H and O–H groups in total. The number of rotatable bonds is 3. The molecule has 0 saturated heterocycles. The minimum atomic E-state index is -0.0883. The SMILES string of the molecule is CCN1CCc2nc(NC(=O)c3ccc(C)c4ccccc34)sc2C1. The molecule has 1 amide bonds. The Hall–Kier alpha value is -2.24. The Morgan fingerprint density at radius 2 is 2.04 bits per heavy atom.